The molecular weight excluding hydrogens is 618 g/mol. The minimum atomic E-state index is -1.54. The molecule has 0 fully saturated rings. The van der Waals surface area contributed by atoms with Crippen LogP contribution in [0.4, 0.5) is 0 Å². The number of hydrogen-bond donors (Lipinski definition) is 0. The van der Waals surface area contributed by atoms with Gasteiger partial charge in [-0.15, -0.1) is 0 Å². The highest BCUT2D eigenvalue weighted by atomic mass is 127. The van der Waals surface area contributed by atoms with Crippen molar-refractivity contribution in [1.29, 1.82) is 0 Å². The van der Waals surface area contributed by atoms with Gasteiger partial charge in [0.15, 0.2) is 6.61 Å². The normalized spacial score (nSPS) is 13.0. The van der Waals surface area contributed by atoms with Gasteiger partial charge in [0, 0.05) is 0 Å². The van der Waals surface area contributed by atoms with Crippen LogP contribution >= 0.6 is 45.2 Å². The van der Waals surface area contributed by atoms with Gasteiger partial charge in [0.1, 0.15) is 20.1 Å². The van der Waals surface area contributed by atoms with Gasteiger partial charge in [0.05, 0.1) is 7.14 Å². The van der Waals surface area contributed by atoms with Gasteiger partial charge in [-0.05, 0) is 99.6 Å². The maximum atomic E-state index is 12.1. The smallest absolute Gasteiger partial charge is 0.344 e. The van der Waals surface area contributed by atoms with E-state index in [2.05, 4.69) is 106 Å². The molecule has 0 saturated heterocycles. The Morgan fingerprint density at radius 1 is 0.900 bits per heavy atom. The highest BCUT2D eigenvalue weighted by Crippen LogP contribution is 2.28. The van der Waals surface area contributed by atoms with Crippen molar-refractivity contribution in [2.75, 3.05) is 6.61 Å². The molecule has 3 aromatic carbocycles. The molecule has 0 radical (unpaired) electrons. The molecule has 1 aliphatic heterocycles. The van der Waals surface area contributed by atoms with E-state index in [1.165, 1.54) is 26.7 Å². The van der Waals surface area contributed by atoms with E-state index in [0.717, 1.165) is 12.9 Å². The Labute approximate surface area is 206 Å². The zero-order valence-corrected chi connectivity index (χ0v) is 22.5. The van der Waals surface area contributed by atoms with Crippen molar-refractivity contribution in [3.8, 4) is 16.9 Å². The summed E-state index contributed by atoms with van der Waals surface area (Å²) in [6.07, 6.45) is 0. The predicted octanol–water partition coefficient (Wildman–Crippen LogP) is 3.85. The minimum absolute atomic E-state index is 0.0882. The molecule has 3 nitrogen and oxygen atoms in total. The first-order valence-electron chi connectivity index (χ1n) is 9.76. The molecule has 0 aromatic heterocycles. The van der Waals surface area contributed by atoms with Crippen LogP contribution in [0.5, 0.6) is 5.75 Å². The summed E-state index contributed by atoms with van der Waals surface area (Å²) in [5, 5.41) is 4.30. The molecule has 0 aliphatic carbocycles. The van der Waals surface area contributed by atoms with E-state index in [9.17, 15) is 4.79 Å². The molecule has 1 aliphatic rings. The van der Waals surface area contributed by atoms with Crippen molar-refractivity contribution >= 4 is 75.5 Å². The van der Waals surface area contributed by atoms with Gasteiger partial charge in [0.25, 0.3) is 0 Å². The van der Waals surface area contributed by atoms with Gasteiger partial charge in [-0.2, -0.15) is 0 Å². The third-order valence-corrected chi connectivity index (χ3v) is 9.80. The molecule has 30 heavy (non-hydrogen) atoms. The third kappa shape index (κ3) is 4.45. The van der Waals surface area contributed by atoms with E-state index in [0.29, 0.717) is 0 Å². The minimum Gasteiger partial charge on any atom is -0.480 e. The second kappa shape index (κ2) is 8.62. The molecule has 154 valence electrons. The van der Waals surface area contributed by atoms with E-state index < -0.39 is 14.4 Å². The number of rotatable bonds is 4. The number of benzene rings is 3. The van der Waals surface area contributed by atoms with Gasteiger partial charge >= 0.3 is 5.97 Å². The molecular formula is C24H22I2O3Si. The van der Waals surface area contributed by atoms with Crippen molar-refractivity contribution in [3.63, 3.8) is 0 Å². The molecule has 0 N–H and O–H groups in total. The highest BCUT2D eigenvalue weighted by Gasteiger charge is 2.31. The summed E-state index contributed by atoms with van der Waals surface area (Å²) >= 11 is 4.63. The lowest BCUT2D eigenvalue weighted by atomic mass is 10.1. The van der Waals surface area contributed by atoms with Crippen molar-refractivity contribution in [2.24, 2.45) is 0 Å². The number of fused-ring (bicyclic) bond motifs is 3. The number of ether oxygens (including phenoxy) is 2. The van der Waals surface area contributed by atoms with Crippen LogP contribution in [0.15, 0.2) is 60.7 Å². The number of carbonyl (C=O) groups is 1. The van der Waals surface area contributed by atoms with Gasteiger partial charge in [0.2, 0.25) is 0 Å². The standard InChI is InChI=1S/C24H22I2O3Si/c1-24(2,3)29-22(27)14-28-23-18(25)12-15(13-19(23)26)30-20-10-6-4-8-16(20)17-9-5-7-11-21(17)30/h4-13,30H,14H2,1-3H3. The van der Waals surface area contributed by atoms with E-state index in [4.69, 9.17) is 9.47 Å². The number of halogens is 2. The second-order valence-electron chi connectivity index (χ2n) is 8.30. The lowest BCUT2D eigenvalue weighted by molar-refractivity contribution is -0.157. The number of carbonyl (C=O) groups excluding carboxylic acids is 1. The van der Waals surface area contributed by atoms with E-state index >= 15 is 0 Å². The van der Waals surface area contributed by atoms with Gasteiger partial charge in [-0.1, -0.05) is 53.7 Å². The highest BCUT2D eigenvalue weighted by molar-refractivity contribution is 14.1. The zero-order chi connectivity index (χ0) is 21.5. The van der Waals surface area contributed by atoms with Crippen LogP contribution in [-0.2, 0) is 9.53 Å². The fourth-order valence-corrected chi connectivity index (χ4v) is 10.2. The maximum absolute atomic E-state index is 12.1. The summed E-state index contributed by atoms with van der Waals surface area (Å²) in [7, 11) is -1.54. The average molecular weight is 640 g/mol. The first kappa shape index (κ1) is 21.8. The third-order valence-electron chi connectivity index (χ3n) is 4.94. The van der Waals surface area contributed by atoms with Crippen LogP contribution in [0.25, 0.3) is 11.1 Å². The first-order valence-corrected chi connectivity index (χ1v) is 13.7. The lowest BCUT2D eigenvalue weighted by Gasteiger charge is -2.20. The van der Waals surface area contributed by atoms with E-state index in [-0.39, 0.29) is 12.6 Å². The van der Waals surface area contributed by atoms with Gasteiger partial charge in [-0.3, -0.25) is 0 Å². The number of hydrogen-bond acceptors (Lipinski definition) is 3. The molecule has 6 heteroatoms. The van der Waals surface area contributed by atoms with Gasteiger partial charge in [-0.25, -0.2) is 4.79 Å². The van der Waals surface area contributed by atoms with Crippen molar-refractivity contribution in [2.45, 2.75) is 26.4 Å². The Kier molecular flexibility index (Phi) is 6.27. The fourth-order valence-electron chi connectivity index (χ4n) is 3.90. The molecule has 0 unspecified atom stereocenters. The fraction of sp³-hybridized carbons (Fsp3) is 0.208. The van der Waals surface area contributed by atoms with Crippen molar-refractivity contribution in [3.05, 3.63) is 67.8 Å². The lowest BCUT2D eigenvalue weighted by Crippen LogP contribution is -2.49. The molecule has 0 saturated carbocycles. The van der Waals surface area contributed by atoms with Crippen molar-refractivity contribution in [1.82, 2.24) is 0 Å². The Bertz CT molecular complexity index is 1050. The van der Waals surface area contributed by atoms with Crippen LogP contribution in [0, 0.1) is 7.14 Å². The van der Waals surface area contributed by atoms with Crippen LogP contribution < -0.4 is 20.3 Å². The topological polar surface area (TPSA) is 35.5 Å². The maximum Gasteiger partial charge on any atom is 0.344 e. The van der Waals surface area contributed by atoms with Crippen LogP contribution in [0.2, 0.25) is 0 Å². The molecule has 3 aromatic rings. The molecule has 0 amide bonds. The summed E-state index contributed by atoms with van der Waals surface area (Å²) in [6.45, 7) is 5.48. The molecule has 1 heterocycles. The Balaban J connectivity index is 1.65. The average Bonchev–Trinajstić information content (AvgIpc) is 3.00. The van der Waals surface area contributed by atoms with Crippen LogP contribution in [0.3, 0.4) is 0 Å². The Hall–Kier alpha value is -1.39. The predicted molar refractivity (Wildman–Crippen MR) is 141 cm³/mol. The Morgan fingerprint density at radius 2 is 1.40 bits per heavy atom. The molecule has 0 atom stereocenters. The summed E-state index contributed by atoms with van der Waals surface area (Å²) in [6, 6.07) is 22.0. The molecule has 0 bridgehead atoms. The van der Waals surface area contributed by atoms with Crippen molar-refractivity contribution < 1.29 is 14.3 Å². The largest absolute Gasteiger partial charge is 0.480 e. The monoisotopic (exact) mass is 640 g/mol. The van der Waals surface area contributed by atoms with Gasteiger partial charge < -0.3 is 9.47 Å². The summed E-state index contributed by atoms with van der Waals surface area (Å²) in [5.74, 6) is 0.394. The second-order valence-corrected chi connectivity index (χ2v) is 13.4. The SMILES string of the molecule is CC(C)(C)OC(=O)COc1c(I)cc([SiH]2c3ccccc3-c3ccccc32)cc1I. The first-order chi connectivity index (χ1) is 14.2. The molecule has 0 spiro atoms. The summed E-state index contributed by atoms with van der Waals surface area (Å²) in [5.41, 5.74) is 2.21. The molecule has 4 rings (SSSR count). The van der Waals surface area contributed by atoms with E-state index in [1.807, 2.05) is 20.8 Å². The quantitative estimate of drug-likeness (QED) is 0.193. The van der Waals surface area contributed by atoms with E-state index in [1.54, 1.807) is 0 Å². The van der Waals surface area contributed by atoms with Crippen LogP contribution in [0.1, 0.15) is 20.8 Å². The van der Waals surface area contributed by atoms with Crippen LogP contribution in [-0.4, -0.2) is 27.0 Å². The zero-order valence-electron chi connectivity index (χ0n) is 17.0. The summed E-state index contributed by atoms with van der Waals surface area (Å²) in [4.78, 5) is 12.1. The number of esters is 1. The summed E-state index contributed by atoms with van der Waals surface area (Å²) < 4.78 is 13.3. The Morgan fingerprint density at radius 3 is 1.90 bits per heavy atom.